The van der Waals surface area contributed by atoms with Crippen molar-refractivity contribution >= 4 is 23.7 Å². The molecule has 3 aromatic heterocycles. The normalized spacial score (nSPS) is 27.2. The lowest BCUT2D eigenvalue weighted by Gasteiger charge is -2.28. The molecule has 226 valence electrons. The van der Waals surface area contributed by atoms with Crippen molar-refractivity contribution in [1.29, 1.82) is 0 Å². The fourth-order valence-electron chi connectivity index (χ4n) is 4.80. The molecule has 2 saturated heterocycles. The summed E-state index contributed by atoms with van der Waals surface area (Å²) in [6, 6.07) is 5.03. The highest BCUT2D eigenvalue weighted by Gasteiger charge is 2.43. The Hall–Kier alpha value is -3.08. The van der Waals surface area contributed by atoms with E-state index in [1.165, 1.54) is 27.7 Å². The van der Waals surface area contributed by atoms with Crippen LogP contribution in [-0.2, 0) is 30.3 Å². The van der Waals surface area contributed by atoms with Gasteiger partial charge in [0.15, 0.2) is 0 Å². The summed E-state index contributed by atoms with van der Waals surface area (Å²) in [7, 11) is 0. The van der Waals surface area contributed by atoms with Gasteiger partial charge in [0.05, 0.1) is 25.4 Å². The van der Waals surface area contributed by atoms with Crippen LogP contribution in [0.3, 0.4) is 0 Å². The molecule has 2 aliphatic rings. The highest BCUT2D eigenvalue weighted by molar-refractivity contribution is 8.13. The summed E-state index contributed by atoms with van der Waals surface area (Å²) in [6.45, 7) is -1.01. The van der Waals surface area contributed by atoms with Gasteiger partial charge in [0.2, 0.25) is 6.49 Å². The summed E-state index contributed by atoms with van der Waals surface area (Å²) >= 11 is 5.89. The van der Waals surface area contributed by atoms with Crippen molar-refractivity contribution in [3.63, 3.8) is 0 Å². The number of hydrogen-bond donors (Lipinski definition) is 4. The van der Waals surface area contributed by atoms with Crippen LogP contribution in [0.5, 0.6) is 0 Å². The molecule has 0 aliphatic carbocycles. The quantitative estimate of drug-likeness (QED) is 0.214. The van der Waals surface area contributed by atoms with Crippen LogP contribution in [0.4, 0.5) is 0 Å². The third kappa shape index (κ3) is 6.16. The molecule has 5 rings (SSSR count). The lowest BCUT2D eigenvalue weighted by molar-refractivity contribution is -0.0490. The Labute approximate surface area is 242 Å². The number of hydrogen-bond acceptors (Lipinski definition) is 12. The number of ether oxygens (including phenoxy) is 2. The second-order valence-corrected chi connectivity index (χ2v) is 13.4. The zero-order valence-electron chi connectivity index (χ0n) is 22.6. The van der Waals surface area contributed by atoms with Crippen molar-refractivity contribution in [2.45, 2.75) is 63.6 Å². The molecule has 15 nitrogen and oxygen atoms in total. The van der Waals surface area contributed by atoms with E-state index in [0.29, 0.717) is 16.6 Å². The second kappa shape index (κ2) is 12.3. The first-order chi connectivity index (χ1) is 20.0. The van der Waals surface area contributed by atoms with Crippen LogP contribution in [0.25, 0.3) is 0 Å². The molecule has 0 aromatic carbocycles. The van der Waals surface area contributed by atoms with E-state index in [9.17, 15) is 29.4 Å². The number of rotatable bonds is 9. The molecule has 0 radical (unpaired) electrons. The Bertz CT molecular complexity index is 1720. The van der Waals surface area contributed by atoms with E-state index in [4.69, 9.17) is 30.3 Å². The topological polar surface area (TPSA) is 200 Å². The SMILES string of the molecule is Cc1cn([C@H]2C[C@H](O[P@](=S)(OC[C@H]3O[C@@H](n4cc(C)c(=O)[nH]c4=O)C[C@@H]3O)c3ccccn3)[C@@H](CO)O2)c(=O)[nH]c1=O. The Kier molecular flexibility index (Phi) is 8.87. The van der Waals surface area contributed by atoms with Gasteiger partial charge < -0.3 is 28.7 Å². The van der Waals surface area contributed by atoms with E-state index < -0.39 is 72.5 Å². The summed E-state index contributed by atoms with van der Waals surface area (Å²) in [6.07, 6.45) is -0.917. The van der Waals surface area contributed by atoms with Crippen molar-refractivity contribution in [1.82, 2.24) is 24.1 Å². The van der Waals surface area contributed by atoms with Crippen LogP contribution < -0.4 is 27.9 Å². The average molecular weight is 624 g/mol. The molecule has 42 heavy (non-hydrogen) atoms. The molecule has 17 heteroatoms. The number of aromatic amines is 2. The zero-order valence-corrected chi connectivity index (χ0v) is 24.3. The molecule has 0 amide bonds. The van der Waals surface area contributed by atoms with Crippen molar-refractivity contribution in [2.75, 3.05) is 13.2 Å². The van der Waals surface area contributed by atoms with Crippen LogP contribution in [0.2, 0.25) is 0 Å². The molecule has 0 spiro atoms. The molecule has 0 bridgehead atoms. The van der Waals surface area contributed by atoms with E-state index in [0.717, 1.165) is 0 Å². The zero-order chi connectivity index (χ0) is 30.2. The van der Waals surface area contributed by atoms with Crippen LogP contribution in [-0.4, -0.2) is 71.9 Å². The fourth-order valence-corrected chi connectivity index (χ4v) is 7.34. The number of nitrogens with zero attached hydrogens (tertiary/aromatic N) is 3. The van der Waals surface area contributed by atoms with Gasteiger partial charge in [-0.15, -0.1) is 0 Å². The van der Waals surface area contributed by atoms with Gasteiger partial charge in [-0.1, -0.05) is 6.07 Å². The standard InChI is InChI=1S/C25H30N5O10PS/c1-13-9-29(24(35)27-22(13)33)20-7-15(32)18(39-20)12-37-41(42,19-5-3-4-6-26-19)40-16-8-21(38-17(16)11-31)30-10-14(2)23(34)28-25(30)36/h3-6,9-10,15-18,20-21,31-32H,7-8,11-12H2,1-2H3,(H,27,33,35)(H,28,34,36)/t15-,16-,17+,18+,20+,21+,41+/m0/s1. The Morgan fingerprint density at radius 2 is 1.60 bits per heavy atom. The van der Waals surface area contributed by atoms with Crippen molar-refractivity contribution < 1.29 is 28.7 Å². The van der Waals surface area contributed by atoms with Crippen molar-refractivity contribution in [3.8, 4) is 0 Å². The molecule has 0 unspecified atom stereocenters. The van der Waals surface area contributed by atoms with Crippen LogP contribution in [0, 0.1) is 13.8 Å². The Morgan fingerprint density at radius 1 is 1.00 bits per heavy atom. The lowest BCUT2D eigenvalue weighted by atomic mass is 10.2. The van der Waals surface area contributed by atoms with Crippen molar-refractivity contribution in [3.05, 3.63) is 89.6 Å². The highest BCUT2D eigenvalue weighted by atomic mass is 32.5. The van der Waals surface area contributed by atoms with Crippen LogP contribution in [0.1, 0.15) is 36.4 Å². The average Bonchev–Trinajstić information content (AvgIpc) is 3.54. The molecule has 2 aliphatic heterocycles. The van der Waals surface area contributed by atoms with E-state index in [1.54, 1.807) is 32.0 Å². The van der Waals surface area contributed by atoms with Gasteiger partial charge in [-0.05, 0) is 37.8 Å². The first-order valence-electron chi connectivity index (χ1n) is 13.1. The smallest absolute Gasteiger partial charge is 0.330 e. The van der Waals surface area contributed by atoms with Crippen molar-refractivity contribution in [2.24, 2.45) is 0 Å². The van der Waals surface area contributed by atoms with Gasteiger partial charge in [0.1, 0.15) is 30.1 Å². The maximum absolute atomic E-state index is 12.5. The minimum Gasteiger partial charge on any atom is -0.394 e. The molecular weight excluding hydrogens is 593 g/mol. The van der Waals surface area contributed by atoms with E-state index in [2.05, 4.69) is 15.0 Å². The number of aryl methyl sites for hydroxylation is 2. The van der Waals surface area contributed by atoms with Crippen LogP contribution in [0.15, 0.2) is 56.0 Å². The molecule has 0 saturated carbocycles. The van der Waals surface area contributed by atoms with E-state index >= 15 is 0 Å². The first-order valence-corrected chi connectivity index (χ1v) is 15.7. The number of aromatic nitrogens is 5. The summed E-state index contributed by atoms with van der Waals surface area (Å²) in [4.78, 5) is 57.1. The second-order valence-electron chi connectivity index (χ2n) is 10.1. The molecule has 4 N–H and O–H groups in total. The molecule has 2 fully saturated rings. The third-order valence-electron chi connectivity index (χ3n) is 7.09. The van der Waals surface area contributed by atoms with Gasteiger partial charge in [-0.3, -0.25) is 33.7 Å². The Balaban J connectivity index is 1.35. The minimum atomic E-state index is -3.43. The van der Waals surface area contributed by atoms with E-state index in [1.807, 2.05) is 0 Å². The molecule has 5 heterocycles. The predicted octanol–water partition coefficient (Wildman–Crippen LogP) is -0.936. The number of nitrogens with one attached hydrogen (secondary N) is 2. The summed E-state index contributed by atoms with van der Waals surface area (Å²) in [5.41, 5.74) is -1.45. The molecular formula is C25H30N5O10PS. The maximum atomic E-state index is 12.5. The first kappa shape index (κ1) is 30.4. The largest absolute Gasteiger partial charge is 0.394 e. The van der Waals surface area contributed by atoms with Gasteiger partial charge >= 0.3 is 11.4 Å². The maximum Gasteiger partial charge on any atom is 0.330 e. The van der Waals surface area contributed by atoms with Gasteiger partial charge in [-0.2, -0.15) is 0 Å². The summed E-state index contributed by atoms with van der Waals surface area (Å²) in [5, 5.41) is 20.8. The monoisotopic (exact) mass is 623 g/mol. The Morgan fingerprint density at radius 3 is 2.17 bits per heavy atom. The lowest BCUT2D eigenvalue weighted by Crippen LogP contribution is -2.33. The molecule has 3 aromatic rings. The highest BCUT2D eigenvalue weighted by Crippen LogP contribution is 2.51. The summed E-state index contributed by atoms with van der Waals surface area (Å²) < 4.78 is 26.7. The fraction of sp³-hybridized carbons (Fsp3) is 0.480. The van der Waals surface area contributed by atoms with Gasteiger partial charge in [0, 0.05) is 42.6 Å². The molecule has 7 atom stereocenters. The predicted molar refractivity (Wildman–Crippen MR) is 151 cm³/mol. The van der Waals surface area contributed by atoms with Crippen LogP contribution >= 0.6 is 6.49 Å². The number of H-pyrrole nitrogens is 2. The van der Waals surface area contributed by atoms with E-state index in [-0.39, 0.29) is 19.4 Å². The van der Waals surface area contributed by atoms with Gasteiger partial charge in [0.25, 0.3) is 11.1 Å². The summed E-state index contributed by atoms with van der Waals surface area (Å²) in [5.74, 6) is 0. The number of aliphatic hydroxyl groups excluding tert-OH is 2. The van der Waals surface area contributed by atoms with Gasteiger partial charge in [-0.25, -0.2) is 9.59 Å². The minimum absolute atomic E-state index is 0.0603. The third-order valence-corrected chi connectivity index (χ3v) is 10.1. The number of aliphatic hydroxyl groups is 2. The number of pyridine rings is 1.